The predicted octanol–water partition coefficient (Wildman–Crippen LogP) is 5.12. The Morgan fingerprint density at radius 1 is 0.784 bits per heavy atom. The zero-order valence-electron chi connectivity index (χ0n) is 20.1. The number of benzene rings is 4. The van der Waals surface area contributed by atoms with Gasteiger partial charge in [-0.3, -0.25) is 0 Å². The minimum absolute atomic E-state index is 0.0298. The van der Waals surface area contributed by atoms with Gasteiger partial charge in [0.15, 0.2) is 11.6 Å². The number of carboxylic acids is 1. The van der Waals surface area contributed by atoms with E-state index in [1.807, 2.05) is 25.2 Å². The largest absolute Gasteiger partial charge is 0.507 e. The number of aromatic hydroxyl groups is 2. The van der Waals surface area contributed by atoms with Crippen molar-refractivity contribution in [3.63, 3.8) is 0 Å². The molecule has 0 unspecified atom stereocenters. The maximum absolute atomic E-state index is 11.1. The summed E-state index contributed by atoms with van der Waals surface area (Å²) in [6.45, 7) is 0.959. The Hall–Kier alpha value is -4.95. The van der Waals surface area contributed by atoms with Crippen LogP contribution in [0.2, 0.25) is 0 Å². The van der Waals surface area contributed by atoms with Crippen LogP contribution in [0.15, 0.2) is 103 Å². The monoisotopic (exact) mass is 494 g/mol. The number of hydrogen-bond acceptors (Lipinski definition) is 6. The molecule has 0 saturated carbocycles. The Balaban J connectivity index is 0.000000301. The Kier molecular flexibility index (Phi) is 7.92. The van der Waals surface area contributed by atoms with Gasteiger partial charge in [0, 0.05) is 6.54 Å². The summed E-state index contributed by atoms with van der Waals surface area (Å²) in [6.07, 6.45) is 0. The first-order valence-electron chi connectivity index (χ1n) is 11.5. The molecule has 4 N–H and O–H groups in total. The second kappa shape index (κ2) is 11.7. The van der Waals surface area contributed by atoms with Crippen LogP contribution in [0.5, 0.6) is 11.5 Å². The summed E-state index contributed by atoms with van der Waals surface area (Å²) < 4.78 is 1.50. The van der Waals surface area contributed by atoms with Crippen molar-refractivity contribution in [2.45, 2.75) is 6.54 Å². The molecule has 0 saturated heterocycles. The molecule has 5 aromatic rings. The quantitative estimate of drug-likeness (QED) is 0.259. The molecule has 1 aromatic heterocycles. The average Bonchev–Trinajstić information content (AvgIpc) is 3.35. The van der Waals surface area contributed by atoms with Crippen LogP contribution in [0.25, 0.3) is 28.5 Å². The molecule has 0 aliphatic heterocycles. The van der Waals surface area contributed by atoms with E-state index in [0.29, 0.717) is 22.6 Å². The van der Waals surface area contributed by atoms with E-state index in [1.54, 1.807) is 54.6 Å². The molecule has 186 valence electrons. The van der Waals surface area contributed by atoms with Crippen LogP contribution in [-0.4, -0.2) is 43.1 Å². The molecular formula is C29H26N4O4. The Morgan fingerprint density at radius 2 is 1.35 bits per heavy atom. The summed E-state index contributed by atoms with van der Waals surface area (Å²) in [7, 11) is 1.95. The van der Waals surface area contributed by atoms with Crippen molar-refractivity contribution in [2.75, 3.05) is 7.05 Å². The van der Waals surface area contributed by atoms with Crippen LogP contribution in [0.1, 0.15) is 15.9 Å². The average molecular weight is 495 g/mol. The number of carbonyl (C=O) groups is 1. The van der Waals surface area contributed by atoms with Crippen molar-refractivity contribution in [1.82, 2.24) is 20.1 Å². The van der Waals surface area contributed by atoms with E-state index in [0.717, 1.165) is 6.54 Å². The normalized spacial score (nSPS) is 10.4. The molecule has 0 bridgehead atoms. The molecule has 0 spiro atoms. The summed E-state index contributed by atoms with van der Waals surface area (Å²) in [4.78, 5) is 15.6. The summed E-state index contributed by atoms with van der Waals surface area (Å²) >= 11 is 0. The zero-order valence-corrected chi connectivity index (χ0v) is 20.1. The summed E-state index contributed by atoms with van der Waals surface area (Å²) in [5, 5.41) is 37.1. The molecule has 0 aliphatic carbocycles. The molecule has 0 aliphatic rings. The highest BCUT2D eigenvalue weighted by molar-refractivity contribution is 5.87. The lowest BCUT2D eigenvalue weighted by molar-refractivity contribution is 0.0697. The topological polar surface area (TPSA) is 121 Å². The molecule has 0 fully saturated rings. The number of rotatable bonds is 6. The maximum Gasteiger partial charge on any atom is 0.335 e. The minimum Gasteiger partial charge on any atom is -0.507 e. The fourth-order valence-electron chi connectivity index (χ4n) is 3.65. The molecule has 5 rings (SSSR count). The third kappa shape index (κ3) is 6.01. The van der Waals surface area contributed by atoms with E-state index in [1.165, 1.54) is 28.4 Å². The first-order chi connectivity index (χ1) is 18.0. The van der Waals surface area contributed by atoms with Crippen LogP contribution in [-0.2, 0) is 6.54 Å². The first kappa shape index (κ1) is 25.2. The van der Waals surface area contributed by atoms with E-state index in [-0.39, 0.29) is 22.9 Å². The van der Waals surface area contributed by atoms with Crippen molar-refractivity contribution in [2.24, 2.45) is 0 Å². The molecule has 37 heavy (non-hydrogen) atoms. The number of nitrogens with zero attached hydrogens (tertiary/aromatic N) is 3. The summed E-state index contributed by atoms with van der Waals surface area (Å²) in [5.41, 5.74) is 2.95. The van der Waals surface area contributed by atoms with Gasteiger partial charge in [0.25, 0.3) is 0 Å². The second-order valence-corrected chi connectivity index (χ2v) is 8.07. The smallest absolute Gasteiger partial charge is 0.335 e. The van der Waals surface area contributed by atoms with Crippen molar-refractivity contribution < 1.29 is 20.1 Å². The molecule has 8 heteroatoms. The molecule has 0 radical (unpaired) electrons. The fourth-order valence-corrected chi connectivity index (χ4v) is 3.65. The highest BCUT2D eigenvalue weighted by atomic mass is 16.4. The van der Waals surface area contributed by atoms with Gasteiger partial charge in [-0.1, -0.05) is 54.6 Å². The van der Waals surface area contributed by atoms with Crippen LogP contribution in [0.4, 0.5) is 0 Å². The van der Waals surface area contributed by atoms with Crippen LogP contribution in [0.3, 0.4) is 0 Å². The van der Waals surface area contributed by atoms with Crippen molar-refractivity contribution in [1.29, 1.82) is 0 Å². The molecule has 0 amide bonds. The number of para-hydroxylation sites is 2. The number of phenols is 2. The van der Waals surface area contributed by atoms with Crippen LogP contribution < -0.4 is 5.32 Å². The summed E-state index contributed by atoms with van der Waals surface area (Å²) in [6, 6.07) is 29.9. The van der Waals surface area contributed by atoms with E-state index in [4.69, 9.17) is 5.11 Å². The van der Waals surface area contributed by atoms with Crippen molar-refractivity contribution in [3.05, 3.63) is 114 Å². The van der Waals surface area contributed by atoms with Gasteiger partial charge in [-0.25, -0.2) is 14.5 Å². The second-order valence-electron chi connectivity index (χ2n) is 8.07. The van der Waals surface area contributed by atoms with Crippen molar-refractivity contribution in [3.8, 4) is 40.0 Å². The van der Waals surface area contributed by atoms with Gasteiger partial charge in [-0.15, -0.1) is 5.10 Å². The van der Waals surface area contributed by atoms with Crippen molar-refractivity contribution >= 4 is 5.97 Å². The van der Waals surface area contributed by atoms with Crippen LogP contribution >= 0.6 is 0 Å². The van der Waals surface area contributed by atoms with Gasteiger partial charge in [-0.05, 0) is 61.1 Å². The van der Waals surface area contributed by atoms with E-state index in [9.17, 15) is 15.0 Å². The number of phenolic OH excluding ortho intramolecular Hbond substituents is 2. The Morgan fingerprint density at radius 3 is 1.92 bits per heavy atom. The maximum atomic E-state index is 11.1. The molecule has 4 aromatic carbocycles. The third-order valence-electron chi connectivity index (χ3n) is 5.48. The highest BCUT2D eigenvalue weighted by Gasteiger charge is 2.19. The lowest BCUT2D eigenvalue weighted by Gasteiger charge is -2.07. The zero-order chi connectivity index (χ0) is 26.2. The summed E-state index contributed by atoms with van der Waals surface area (Å²) in [5.74, 6) is -0.328. The fraction of sp³-hybridized carbons (Fsp3) is 0.0690. The number of aromatic nitrogens is 3. The molecule has 1 heterocycles. The van der Waals surface area contributed by atoms with Crippen LogP contribution in [0, 0.1) is 0 Å². The van der Waals surface area contributed by atoms with E-state index < -0.39 is 5.97 Å². The van der Waals surface area contributed by atoms with Gasteiger partial charge in [-0.2, -0.15) is 0 Å². The molecular weight excluding hydrogens is 468 g/mol. The lowest BCUT2D eigenvalue weighted by Crippen LogP contribution is -2.04. The first-order valence-corrected chi connectivity index (χ1v) is 11.5. The third-order valence-corrected chi connectivity index (χ3v) is 5.48. The van der Waals surface area contributed by atoms with Gasteiger partial charge >= 0.3 is 5.97 Å². The lowest BCUT2D eigenvalue weighted by atomic mass is 10.1. The van der Waals surface area contributed by atoms with Gasteiger partial charge in [0.05, 0.1) is 22.4 Å². The SMILES string of the molecule is CNCc1ccccc1.O=C(O)c1ccc(-n2nc(-c3ccccc3O)nc2-c2ccccc2O)cc1. The number of hydrogen-bond donors (Lipinski definition) is 4. The number of carboxylic acid groups (broad SMARTS) is 1. The predicted molar refractivity (Wildman–Crippen MR) is 142 cm³/mol. The Labute approximate surface area is 214 Å². The van der Waals surface area contributed by atoms with Gasteiger partial charge in [0.1, 0.15) is 11.5 Å². The van der Waals surface area contributed by atoms with Gasteiger partial charge < -0.3 is 20.6 Å². The molecule has 8 nitrogen and oxygen atoms in total. The van der Waals surface area contributed by atoms with Gasteiger partial charge in [0.2, 0.25) is 0 Å². The highest BCUT2D eigenvalue weighted by Crippen LogP contribution is 2.33. The standard InChI is InChI=1S/C21H15N3O4.C8H11N/c25-17-7-3-1-5-15(17)19-22-20(16-6-2-4-8-18(16)26)24(23-19)14-11-9-13(10-12-14)21(27)28;1-9-7-8-5-3-2-4-6-8/h1-12,25-26H,(H,27,28);2-6,9H,7H2,1H3. The number of aromatic carboxylic acids is 1. The van der Waals surface area contributed by atoms with E-state index in [2.05, 4.69) is 27.5 Å². The van der Waals surface area contributed by atoms with E-state index >= 15 is 0 Å². The minimum atomic E-state index is -1.03. The Bertz CT molecular complexity index is 1480. The number of nitrogens with one attached hydrogen (secondary N) is 1. The molecule has 0 atom stereocenters.